The second-order valence-electron chi connectivity index (χ2n) is 1.59. The second kappa shape index (κ2) is 3.22. The van der Waals surface area contributed by atoms with Crippen LogP contribution >= 0.6 is 12.4 Å². The van der Waals surface area contributed by atoms with Crippen molar-refractivity contribution in [1.82, 2.24) is 4.98 Å². The summed E-state index contributed by atoms with van der Waals surface area (Å²) in [7, 11) is 0. The fraction of sp³-hybridized carbons (Fsp3) is 0. The number of pyridine rings is 1. The van der Waals surface area contributed by atoms with Crippen LogP contribution in [0.15, 0.2) is 16.9 Å². The first-order chi connectivity index (χ1) is 4.20. The molecule has 0 saturated heterocycles. The van der Waals surface area contributed by atoms with Gasteiger partial charge in [-0.15, -0.1) is 12.4 Å². The Hall–Kier alpha value is -1.03. The van der Waals surface area contributed by atoms with Crippen molar-refractivity contribution in [2.45, 2.75) is 0 Å². The van der Waals surface area contributed by atoms with Crippen molar-refractivity contribution >= 4 is 18.1 Å². The second-order valence-corrected chi connectivity index (χ2v) is 1.59. The summed E-state index contributed by atoms with van der Waals surface area (Å²) >= 11 is 0. The molecule has 0 atom stereocenters. The minimum atomic E-state index is -0.775. The molecule has 0 amide bonds. The van der Waals surface area contributed by atoms with E-state index in [-0.39, 0.29) is 18.1 Å². The van der Waals surface area contributed by atoms with Crippen LogP contribution in [0.3, 0.4) is 0 Å². The molecule has 1 rings (SSSR count). The average Bonchev–Trinajstić information content (AvgIpc) is 1.80. The summed E-state index contributed by atoms with van der Waals surface area (Å²) in [5.41, 5.74) is 4.51. The molecule has 0 aliphatic carbocycles. The maximum absolute atomic E-state index is 12.2. The highest BCUT2D eigenvalue weighted by molar-refractivity contribution is 5.85. The molecule has 0 aliphatic rings. The summed E-state index contributed by atoms with van der Waals surface area (Å²) in [6, 6.07) is 2.38. The number of nitrogens with one attached hydrogen (secondary N) is 1. The van der Waals surface area contributed by atoms with E-state index >= 15 is 0 Å². The smallest absolute Gasteiger partial charge is 0.250 e. The van der Waals surface area contributed by atoms with Crippen molar-refractivity contribution in [2.24, 2.45) is 0 Å². The Bertz CT molecular complexity index is 273. The van der Waals surface area contributed by atoms with Gasteiger partial charge in [0.1, 0.15) is 0 Å². The first kappa shape index (κ1) is 8.97. The van der Waals surface area contributed by atoms with Gasteiger partial charge in [-0.3, -0.25) is 9.78 Å². The third-order valence-corrected chi connectivity index (χ3v) is 0.901. The van der Waals surface area contributed by atoms with E-state index in [2.05, 4.69) is 0 Å². The third-order valence-electron chi connectivity index (χ3n) is 0.901. The molecular weight excluding hydrogens is 159 g/mol. The molecule has 3 N–H and O–H groups in total. The van der Waals surface area contributed by atoms with Crippen molar-refractivity contribution in [3.05, 3.63) is 28.4 Å². The maximum Gasteiger partial charge on any atom is 0.250 e. The number of H-pyrrole nitrogens is 1. The number of nitrogen functional groups attached to an aromatic ring is 1. The largest absolute Gasteiger partial charge is 0.395 e. The van der Waals surface area contributed by atoms with Crippen LogP contribution in [0.1, 0.15) is 0 Å². The maximum atomic E-state index is 12.2. The summed E-state index contributed by atoms with van der Waals surface area (Å²) in [5.74, 6) is -0.775. The van der Waals surface area contributed by atoms with Crippen molar-refractivity contribution < 1.29 is 4.39 Å². The lowest BCUT2D eigenvalue weighted by Gasteiger charge is -1.90. The highest BCUT2D eigenvalue weighted by Crippen LogP contribution is 1.99. The molecule has 0 spiro atoms. The van der Waals surface area contributed by atoms with E-state index in [1.807, 2.05) is 4.98 Å². The van der Waals surface area contributed by atoms with Gasteiger partial charge in [0.2, 0.25) is 11.5 Å². The zero-order chi connectivity index (χ0) is 6.85. The van der Waals surface area contributed by atoms with E-state index < -0.39 is 11.5 Å². The van der Waals surface area contributed by atoms with Gasteiger partial charge in [-0.2, -0.15) is 4.39 Å². The summed E-state index contributed by atoms with van der Waals surface area (Å²) in [6.45, 7) is 0. The average molecular weight is 165 g/mol. The summed E-state index contributed by atoms with van der Waals surface area (Å²) in [5, 5.41) is 0. The van der Waals surface area contributed by atoms with E-state index in [4.69, 9.17) is 5.73 Å². The predicted molar refractivity (Wildman–Crippen MR) is 38.7 cm³/mol. The van der Waals surface area contributed by atoms with Crippen molar-refractivity contribution in [3.63, 3.8) is 0 Å². The van der Waals surface area contributed by atoms with Gasteiger partial charge in [0, 0.05) is 6.07 Å². The van der Waals surface area contributed by atoms with Gasteiger partial charge in [-0.1, -0.05) is 0 Å². The molecule has 10 heavy (non-hydrogen) atoms. The van der Waals surface area contributed by atoms with Crippen LogP contribution in [0.4, 0.5) is 10.1 Å². The normalized spacial score (nSPS) is 8.50. The van der Waals surface area contributed by atoms with Gasteiger partial charge in [0.15, 0.2) is 0 Å². The number of hydrogen-bond acceptors (Lipinski definition) is 2. The SMILES string of the molecule is Cl.Nc1ccc(=O)[nH]c1F. The lowest BCUT2D eigenvalue weighted by Crippen LogP contribution is -2.07. The van der Waals surface area contributed by atoms with Crippen LogP contribution in [0, 0.1) is 5.95 Å². The van der Waals surface area contributed by atoms with E-state index in [1.54, 1.807) is 0 Å². The summed E-state index contributed by atoms with van der Waals surface area (Å²) in [4.78, 5) is 12.2. The molecule has 0 aromatic carbocycles. The topological polar surface area (TPSA) is 58.9 Å². The highest BCUT2D eigenvalue weighted by atomic mass is 35.5. The molecule has 0 bridgehead atoms. The molecule has 0 radical (unpaired) electrons. The van der Waals surface area contributed by atoms with Crippen molar-refractivity contribution in [3.8, 4) is 0 Å². The Labute approximate surface area is 62.5 Å². The van der Waals surface area contributed by atoms with Crippen LogP contribution < -0.4 is 11.3 Å². The van der Waals surface area contributed by atoms with E-state index in [1.165, 1.54) is 12.1 Å². The van der Waals surface area contributed by atoms with Gasteiger partial charge in [-0.25, -0.2) is 0 Å². The molecule has 0 saturated carbocycles. The molecule has 0 unspecified atom stereocenters. The Balaban J connectivity index is 0.000000810. The molecule has 0 fully saturated rings. The quantitative estimate of drug-likeness (QED) is 0.550. The molecule has 1 aromatic heterocycles. The third kappa shape index (κ3) is 1.73. The van der Waals surface area contributed by atoms with Crippen LogP contribution in [0.25, 0.3) is 0 Å². The standard InChI is InChI=1S/C5H5FN2O.ClH/c6-5-3(7)1-2-4(9)8-5;/h1-2H,7H2,(H,8,9);1H. The Morgan fingerprint density at radius 2 is 2.10 bits per heavy atom. The van der Waals surface area contributed by atoms with E-state index in [9.17, 15) is 9.18 Å². The number of hydrogen-bond donors (Lipinski definition) is 2. The van der Waals surface area contributed by atoms with Gasteiger partial charge >= 0.3 is 0 Å². The van der Waals surface area contributed by atoms with Gasteiger partial charge in [0.25, 0.3) is 0 Å². The van der Waals surface area contributed by atoms with E-state index in [0.717, 1.165) is 0 Å². The van der Waals surface area contributed by atoms with Gasteiger partial charge in [-0.05, 0) is 6.07 Å². The Morgan fingerprint density at radius 1 is 1.50 bits per heavy atom. The number of nitrogens with two attached hydrogens (primary N) is 1. The number of rotatable bonds is 0. The fourth-order valence-corrected chi connectivity index (χ4v) is 0.461. The summed E-state index contributed by atoms with van der Waals surface area (Å²) in [6.07, 6.45) is 0. The van der Waals surface area contributed by atoms with Crippen LogP contribution in [-0.2, 0) is 0 Å². The molecule has 1 heterocycles. The van der Waals surface area contributed by atoms with Crippen molar-refractivity contribution in [2.75, 3.05) is 5.73 Å². The molecule has 1 aromatic rings. The van der Waals surface area contributed by atoms with Crippen LogP contribution in [-0.4, -0.2) is 4.98 Å². The molecule has 0 aliphatic heterocycles. The highest BCUT2D eigenvalue weighted by Gasteiger charge is 1.94. The number of aromatic amines is 1. The zero-order valence-electron chi connectivity index (χ0n) is 4.93. The molecule has 56 valence electrons. The van der Waals surface area contributed by atoms with Gasteiger partial charge < -0.3 is 5.73 Å². The molecular formula is C5H6ClFN2O. The van der Waals surface area contributed by atoms with Crippen LogP contribution in [0.2, 0.25) is 0 Å². The molecule has 3 nitrogen and oxygen atoms in total. The zero-order valence-corrected chi connectivity index (χ0v) is 5.74. The Kier molecular flexibility index (Phi) is 2.89. The number of aromatic nitrogens is 1. The lowest BCUT2D eigenvalue weighted by atomic mass is 10.4. The Morgan fingerprint density at radius 3 is 2.50 bits per heavy atom. The molecule has 5 heteroatoms. The fourth-order valence-electron chi connectivity index (χ4n) is 0.461. The van der Waals surface area contributed by atoms with Crippen molar-refractivity contribution in [1.29, 1.82) is 0 Å². The lowest BCUT2D eigenvalue weighted by molar-refractivity contribution is 0.585. The minimum absolute atomic E-state index is 0. The van der Waals surface area contributed by atoms with Gasteiger partial charge in [0.05, 0.1) is 5.69 Å². The number of anilines is 1. The minimum Gasteiger partial charge on any atom is -0.395 e. The monoisotopic (exact) mass is 164 g/mol. The number of halogens is 2. The predicted octanol–water partition coefficient (Wildman–Crippen LogP) is 0.518. The first-order valence-corrected chi connectivity index (χ1v) is 2.34. The van der Waals surface area contributed by atoms with E-state index in [0.29, 0.717) is 0 Å². The summed E-state index contributed by atoms with van der Waals surface area (Å²) < 4.78 is 12.2. The van der Waals surface area contributed by atoms with Crippen LogP contribution in [0.5, 0.6) is 0 Å². The first-order valence-electron chi connectivity index (χ1n) is 2.34.